The topological polar surface area (TPSA) is 72.5 Å². The van der Waals surface area contributed by atoms with E-state index in [4.69, 9.17) is 0 Å². The minimum Gasteiger partial charge on any atom is -0.370 e. The third-order valence-corrected chi connectivity index (χ3v) is 6.27. The normalized spacial score (nSPS) is 18.4. The van der Waals surface area contributed by atoms with Crippen molar-refractivity contribution in [2.24, 2.45) is 0 Å². The van der Waals surface area contributed by atoms with Crippen LogP contribution in [0.2, 0.25) is 0 Å². The number of piperazine rings is 1. The van der Waals surface area contributed by atoms with E-state index in [1.807, 2.05) is 30.5 Å². The van der Waals surface area contributed by atoms with E-state index in [9.17, 15) is 4.79 Å². The second kappa shape index (κ2) is 8.51. The number of nitrogens with zero attached hydrogens (tertiary/aromatic N) is 3. The van der Waals surface area contributed by atoms with Gasteiger partial charge in [0.05, 0.1) is 11.9 Å². The van der Waals surface area contributed by atoms with Gasteiger partial charge in [0, 0.05) is 62.3 Å². The van der Waals surface area contributed by atoms with E-state index >= 15 is 0 Å². The Morgan fingerprint density at radius 3 is 2.72 bits per heavy atom. The molecule has 0 bridgehead atoms. The van der Waals surface area contributed by atoms with Gasteiger partial charge < -0.3 is 25.8 Å². The van der Waals surface area contributed by atoms with E-state index in [1.54, 1.807) is 6.20 Å². The Balaban J connectivity index is 1.36. The van der Waals surface area contributed by atoms with Gasteiger partial charge >= 0.3 is 0 Å². The number of hydrogen-bond acceptors (Lipinski definition) is 6. The first-order valence-electron chi connectivity index (χ1n) is 11.0. The van der Waals surface area contributed by atoms with Crippen LogP contribution in [0, 0.1) is 0 Å². The van der Waals surface area contributed by atoms with E-state index in [0.29, 0.717) is 11.4 Å². The lowest BCUT2D eigenvalue weighted by atomic mass is 10.1. The molecule has 164 valence electrons. The first-order chi connectivity index (χ1) is 15.6. The SMILES string of the molecule is CC1NC=C(c2ccc3cnc(NC(=O)c4cccc(N5CCNCC5)c4)cc3c2)N1C. The standard InChI is InChI=1S/C25H28N6O/c1-17-27-16-23(30(17)2)18-6-7-20-15-28-24(14-21(20)12-18)29-25(32)19-4-3-5-22(13-19)31-10-8-26-9-11-31/h3-7,12-17,26-27H,8-11H2,1-2H3,(H,28,29,32). The van der Waals surface area contributed by atoms with Crippen LogP contribution in [0.4, 0.5) is 11.5 Å². The number of anilines is 2. The van der Waals surface area contributed by atoms with Crippen molar-refractivity contribution < 1.29 is 4.79 Å². The summed E-state index contributed by atoms with van der Waals surface area (Å²) in [6.07, 6.45) is 4.12. The Labute approximate surface area is 188 Å². The number of carbonyl (C=O) groups excluding carboxylic acids is 1. The summed E-state index contributed by atoms with van der Waals surface area (Å²) in [6.45, 7) is 5.93. The fourth-order valence-corrected chi connectivity index (χ4v) is 4.23. The van der Waals surface area contributed by atoms with Gasteiger partial charge in [-0.05, 0) is 48.2 Å². The molecule has 32 heavy (non-hydrogen) atoms. The van der Waals surface area contributed by atoms with Crippen LogP contribution in [0.15, 0.2) is 60.9 Å². The molecule has 1 atom stereocenters. The number of rotatable bonds is 4. The minimum atomic E-state index is -0.152. The maximum atomic E-state index is 12.9. The van der Waals surface area contributed by atoms with Crippen LogP contribution in [0.25, 0.3) is 16.5 Å². The highest BCUT2D eigenvalue weighted by molar-refractivity contribution is 6.05. The number of pyridine rings is 1. The van der Waals surface area contributed by atoms with Crippen molar-refractivity contribution in [3.05, 3.63) is 72.1 Å². The first kappa shape index (κ1) is 20.3. The fraction of sp³-hybridized carbons (Fsp3) is 0.280. The van der Waals surface area contributed by atoms with Crippen LogP contribution in [0.5, 0.6) is 0 Å². The summed E-state index contributed by atoms with van der Waals surface area (Å²) in [7, 11) is 2.08. The highest BCUT2D eigenvalue weighted by atomic mass is 16.1. The quantitative estimate of drug-likeness (QED) is 0.593. The Morgan fingerprint density at radius 2 is 1.94 bits per heavy atom. The molecule has 2 aromatic carbocycles. The number of fused-ring (bicyclic) bond motifs is 1. The second-order valence-electron chi connectivity index (χ2n) is 8.36. The largest absolute Gasteiger partial charge is 0.370 e. The average Bonchev–Trinajstić information content (AvgIpc) is 3.17. The van der Waals surface area contributed by atoms with Gasteiger partial charge in [-0.25, -0.2) is 4.98 Å². The smallest absolute Gasteiger partial charge is 0.256 e. The summed E-state index contributed by atoms with van der Waals surface area (Å²) >= 11 is 0. The summed E-state index contributed by atoms with van der Waals surface area (Å²) in [5.74, 6) is 0.397. The molecule has 3 N–H and O–H groups in total. The number of carbonyl (C=O) groups is 1. The van der Waals surface area contributed by atoms with Crippen molar-refractivity contribution in [2.75, 3.05) is 43.4 Å². The highest BCUT2D eigenvalue weighted by Gasteiger charge is 2.19. The molecule has 3 heterocycles. The van der Waals surface area contributed by atoms with Gasteiger partial charge in [0.2, 0.25) is 0 Å². The Bertz CT molecular complexity index is 1180. The van der Waals surface area contributed by atoms with Gasteiger partial charge in [-0.2, -0.15) is 0 Å². The molecule has 1 aromatic heterocycles. The van der Waals surface area contributed by atoms with Crippen molar-refractivity contribution >= 4 is 33.9 Å². The number of nitrogens with one attached hydrogen (secondary N) is 3. The van der Waals surface area contributed by atoms with Crippen LogP contribution in [0.3, 0.4) is 0 Å². The Kier molecular flexibility index (Phi) is 5.41. The molecule has 2 aliphatic rings. The van der Waals surface area contributed by atoms with Gasteiger partial charge in [-0.15, -0.1) is 0 Å². The van der Waals surface area contributed by atoms with Gasteiger partial charge in [0.1, 0.15) is 5.82 Å². The van der Waals surface area contributed by atoms with E-state index in [-0.39, 0.29) is 12.1 Å². The summed E-state index contributed by atoms with van der Waals surface area (Å²) in [5, 5.41) is 11.7. The first-order valence-corrected chi connectivity index (χ1v) is 11.0. The monoisotopic (exact) mass is 428 g/mol. The van der Waals surface area contributed by atoms with Gasteiger partial charge in [0.15, 0.2) is 0 Å². The Morgan fingerprint density at radius 1 is 1.09 bits per heavy atom. The summed E-state index contributed by atoms with van der Waals surface area (Å²) < 4.78 is 0. The molecule has 1 amide bonds. The molecule has 5 rings (SSSR count). The molecule has 0 aliphatic carbocycles. The number of hydrogen-bond donors (Lipinski definition) is 3. The lowest BCUT2D eigenvalue weighted by Crippen LogP contribution is -2.43. The molecular weight excluding hydrogens is 400 g/mol. The highest BCUT2D eigenvalue weighted by Crippen LogP contribution is 2.27. The minimum absolute atomic E-state index is 0.152. The van der Waals surface area contributed by atoms with Gasteiger partial charge in [-0.1, -0.05) is 18.2 Å². The zero-order valence-corrected chi connectivity index (χ0v) is 18.4. The molecule has 3 aromatic rings. The molecule has 0 saturated carbocycles. The molecule has 2 aliphatic heterocycles. The third kappa shape index (κ3) is 3.99. The summed E-state index contributed by atoms with van der Waals surface area (Å²) in [4.78, 5) is 21.9. The van der Waals surface area contributed by atoms with Crippen molar-refractivity contribution in [3.8, 4) is 0 Å². The molecule has 1 saturated heterocycles. The van der Waals surface area contributed by atoms with Crippen molar-refractivity contribution in [1.29, 1.82) is 0 Å². The third-order valence-electron chi connectivity index (χ3n) is 6.27. The van der Waals surface area contributed by atoms with Gasteiger partial charge in [-0.3, -0.25) is 4.79 Å². The maximum absolute atomic E-state index is 12.9. The lowest BCUT2D eigenvalue weighted by molar-refractivity contribution is 0.102. The molecule has 1 unspecified atom stereocenters. The van der Waals surface area contributed by atoms with Crippen LogP contribution in [-0.4, -0.2) is 55.2 Å². The molecule has 7 heteroatoms. The second-order valence-corrected chi connectivity index (χ2v) is 8.36. The zero-order chi connectivity index (χ0) is 22.1. The summed E-state index contributed by atoms with van der Waals surface area (Å²) in [6, 6.07) is 16.0. The van der Waals surface area contributed by atoms with Crippen LogP contribution >= 0.6 is 0 Å². The van der Waals surface area contributed by atoms with Gasteiger partial charge in [0.25, 0.3) is 5.91 Å². The van der Waals surface area contributed by atoms with Crippen LogP contribution < -0.4 is 20.9 Å². The number of benzene rings is 2. The predicted molar refractivity (Wildman–Crippen MR) is 130 cm³/mol. The molecule has 1 fully saturated rings. The predicted octanol–water partition coefficient (Wildman–Crippen LogP) is 3.08. The van der Waals surface area contributed by atoms with E-state index in [2.05, 4.69) is 69.0 Å². The Hall–Kier alpha value is -3.58. The summed E-state index contributed by atoms with van der Waals surface area (Å²) in [5.41, 5.74) is 3.98. The lowest BCUT2D eigenvalue weighted by Gasteiger charge is -2.29. The molecule has 0 radical (unpaired) electrons. The van der Waals surface area contributed by atoms with Crippen LogP contribution in [-0.2, 0) is 0 Å². The maximum Gasteiger partial charge on any atom is 0.256 e. The van der Waals surface area contributed by atoms with E-state index in [1.165, 1.54) is 0 Å². The van der Waals surface area contributed by atoms with E-state index < -0.39 is 0 Å². The number of aromatic nitrogens is 1. The molecular formula is C25H28N6O. The van der Waals surface area contributed by atoms with Crippen molar-refractivity contribution in [2.45, 2.75) is 13.1 Å². The zero-order valence-electron chi connectivity index (χ0n) is 18.4. The van der Waals surface area contributed by atoms with E-state index in [0.717, 1.165) is 53.9 Å². The number of amides is 1. The molecule has 0 spiro atoms. The average molecular weight is 429 g/mol. The van der Waals surface area contributed by atoms with Crippen molar-refractivity contribution in [1.82, 2.24) is 20.5 Å². The molecule has 7 nitrogen and oxygen atoms in total. The van der Waals surface area contributed by atoms with Crippen LogP contribution in [0.1, 0.15) is 22.8 Å². The van der Waals surface area contributed by atoms with Crippen molar-refractivity contribution in [3.63, 3.8) is 0 Å². The fourth-order valence-electron chi connectivity index (χ4n) is 4.23.